The van der Waals surface area contributed by atoms with Crippen molar-refractivity contribution in [1.29, 1.82) is 0 Å². The first-order chi connectivity index (χ1) is 8.84. The number of aromatic nitrogens is 2. The predicted molar refractivity (Wildman–Crippen MR) is 70.0 cm³/mol. The van der Waals surface area contributed by atoms with Gasteiger partial charge in [0.1, 0.15) is 12.0 Å². The van der Waals surface area contributed by atoms with E-state index in [0.29, 0.717) is 12.2 Å². The van der Waals surface area contributed by atoms with Gasteiger partial charge in [0.05, 0.1) is 17.7 Å². The Kier molecular flexibility index (Phi) is 2.57. The lowest BCUT2D eigenvalue weighted by Gasteiger charge is -2.08. The fourth-order valence-electron chi connectivity index (χ4n) is 1.87. The third-order valence-electron chi connectivity index (χ3n) is 2.75. The highest BCUT2D eigenvalue weighted by Crippen LogP contribution is 2.25. The molecule has 2 aromatic heterocycles. The normalized spacial score (nSPS) is 10.7. The maximum atomic E-state index is 5.90. The highest BCUT2D eigenvalue weighted by Gasteiger charge is 2.04. The molecular weight excluding hydrogens is 228 g/mol. The molecule has 5 nitrogen and oxygen atoms in total. The molecule has 0 atom stereocenters. The lowest BCUT2D eigenvalue weighted by Crippen LogP contribution is -2.01. The Hall–Kier alpha value is -2.56. The number of rotatable bonds is 3. The van der Waals surface area contributed by atoms with Gasteiger partial charge in [0.2, 0.25) is 0 Å². The summed E-state index contributed by atoms with van der Waals surface area (Å²) in [5.74, 6) is 0. The van der Waals surface area contributed by atoms with Crippen LogP contribution in [0.3, 0.4) is 0 Å². The number of hydrogen-bond acceptors (Lipinski definition) is 5. The van der Waals surface area contributed by atoms with Crippen LogP contribution in [0.25, 0.3) is 10.9 Å². The summed E-state index contributed by atoms with van der Waals surface area (Å²) in [5, 5.41) is 8.15. The van der Waals surface area contributed by atoms with Gasteiger partial charge < -0.3 is 15.6 Å². The number of nitrogens with zero attached hydrogens (tertiary/aromatic N) is 2. The van der Waals surface area contributed by atoms with Crippen molar-refractivity contribution in [2.24, 2.45) is 0 Å². The smallest absolute Gasteiger partial charge is 0.124 e. The maximum absolute atomic E-state index is 5.90. The van der Waals surface area contributed by atoms with Crippen LogP contribution in [0.2, 0.25) is 0 Å². The summed E-state index contributed by atoms with van der Waals surface area (Å²) < 4.78 is 4.79. The van der Waals surface area contributed by atoms with Crippen LogP contribution in [-0.4, -0.2) is 10.1 Å². The Morgan fingerprint density at radius 3 is 3.00 bits per heavy atom. The van der Waals surface area contributed by atoms with E-state index in [0.717, 1.165) is 22.3 Å². The molecule has 0 aliphatic rings. The first-order valence-electron chi connectivity index (χ1n) is 5.61. The summed E-state index contributed by atoms with van der Waals surface area (Å²) in [6, 6.07) is 9.49. The molecule has 0 aliphatic carbocycles. The van der Waals surface area contributed by atoms with Crippen LogP contribution in [0, 0.1) is 0 Å². The number of pyridine rings is 1. The molecule has 0 aliphatic heterocycles. The Morgan fingerprint density at radius 2 is 2.17 bits per heavy atom. The zero-order valence-corrected chi connectivity index (χ0v) is 9.63. The van der Waals surface area contributed by atoms with Gasteiger partial charge in [0.15, 0.2) is 0 Å². The van der Waals surface area contributed by atoms with E-state index in [9.17, 15) is 0 Å². The number of anilines is 2. The van der Waals surface area contributed by atoms with E-state index < -0.39 is 0 Å². The van der Waals surface area contributed by atoms with Crippen LogP contribution in [0.1, 0.15) is 5.69 Å². The van der Waals surface area contributed by atoms with Crippen molar-refractivity contribution in [3.8, 4) is 0 Å². The van der Waals surface area contributed by atoms with Crippen LogP contribution in [0.15, 0.2) is 47.3 Å². The van der Waals surface area contributed by atoms with Crippen LogP contribution >= 0.6 is 0 Å². The van der Waals surface area contributed by atoms with Gasteiger partial charge in [0.25, 0.3) is 0 Å². The van der Waals surface area contributed by atoms with E-state index in [1.807, 2.05) is 30.3 Å². The molecule has 1 aromatic carbocycles. The molecule has 3 N–H and O–H groups in total. The van der Waals surface area contributed by atoms with Crippen LogP contribution < -0.4 is 11.1 Å². The monoisotopic (exact) mass is 240 g/mol. The second kappa shape index (κ2) is 4.37. The van der Waals surface area contributed by atoms with Crippen LogP contribution in [0.5, 0.6) is 0 Å². The Bertz CT molecular complexity index is 664. The average molecular weight is 240 g/mol. The molecule has 0 saturated heterocycles. The lowest BCUT2D eigenvalue weighted by molar-refractivity contribution is 0.412. The number of fused-ring (bicyclic) bond motifs is 1. The zero-order valence-electron chi connectivity index (χ0n) is 9.63. The van der Waals surface area contributed by atoms with Gasteiger partial charge >= 0.3 is 0 Å². The minimum absolute atomic E-state index is 0.602. The van der Waals surface area contributed by atoms with E-state index in [1.165, 1.54) is 0 Å². The number of benzene rings is 1. The van der Waals surface area contributed by atoms with Crippen molar-refractivity contribution in [3.05, 3.63) is 48.5 Å². The zero-order chi connectivity index (χ0) is 12.4. The molecule has 0 fully saturated rings. The van der Waals surface area contributed by atoms with E-state index in [1.54, 1.807) is 12.5 Å². The summed E-state index contributed by atoms with van der Waals surface area (Å²) in [5.41, 5.74) is 9.22. The van der Waals surface area contributed by atoms with Crippen LogP contribution in [-0.2, 0) is 6.54 Å². The second-order valence-electron chi connectivity index (χ2n) is 3.95. The highest BCUT2D eigenvalue weighted by molar-refractivity contribution is 5.97. The molecule has 0 bridgehead atoms. The summed E-state index contributed by atoms with van der Waals surface area (Å²) >= 11 is 0. The minimum Gasteiger partial charge on any atom is -0.397 e. The molecule has 0 unspecified atom stereocenters. The molecule has 2 heterocycles. The average Bonchev–Trinajstić information content (AvgIpc) is 2.90. The van der Waals surface area contributed by atoms with Gasteiger partial charge in [-0.05, 0) is 12.1 Å². The summed E-state index contributed by atoms with van der Waals surface area (Å²) in [6.45, 7) is 0.602. The first kappa shape index (κ1) is 10.6. The Morgan fingerprint density at radius 1 is 1.22 bits per heavy atom. The molecule has 18 heavy (non-hydrogen) atoms. The van der Waals surface area contributed by atoms with Crippen molar-refractivity contribution in [3.63, 3.8) is 0 Å². The molecule has 0 radical (unpaired) electrons. The third-order valence-corrected chi connectivity index (χ3v) is 2.75. The number of para-hydroxylation sites is 1. The molecule has 3 aromatic rings. The van der Waals surface area contributed by atoms with E-state index in [-0.39, 0.29) is 0 Å². The lowest BCUT2D eigenvalue weighted by atomic mass is 10.1. The van der Waals surface area contributed by atoms with Crippen molar-refractivity contribution >= 4 is 22.3 Å². The summed E-state index contributed by atoms with van der Waals surface area (Å²) in [6.07, 6.45) is 3.30. The molecule has 0 spiro atoms. The van der Waals surface area contributed by atoms with E-state index in [2.05, 4.69) is 15.5 Å². The molecule has 3 rings (SSSR count). The van der Waals surface area contributed by atoms with Crippen molar-refractivity contribution < 1.29 is 4.52 Å². The largest absolute Gasteiger partial charge is 0.397 e. The first-order valence-corrected chi connectivity index (χ1v) is 5.61. The topological polar surface area (TPSA) is 77.0 Å². The maximum Gasteiger partial charge on any atom is 0.124 e. The number of nitrogens with two attached hydrogens (primary N) is 1. The minimum atomic E-state index is 0.602. The van der Waals surface area contributed by atoms with E-state index >= 15 is 0 Å². The van der Waals surface area contributed by atoms with Gasteiger partial charge in [-0.1, -0.05) is 17.3 Å². The van der Waals surface area contributed by atoms with E-state index in [4.69, 9.17) is 10.3 Å². The van der Waals surface area contributed by atoms with Gasteiger partial charge in [-0.25, -0.2) is 0 Å². The fourth-order valence-corrected chi connectivity index (χ4v) is 1.87. The molecule has 0 saturated carbocycles. The predicted octanol–water partition coefficient (Wildman–Crippen LogP) is 2.42. The molecule has 0 amide bonds. The van der Waals surface area contributed by atoms with Gasteiger partial charge in [-0.3, -0.25) is 4.98 Å². The third kappa shape index (κ3) is 1.86. The Labute approximate surface area is 104 Å². The molecule has 5 heteroatoms. The SMILES string of the molecule is Nc1cccc2c(NCc3ccon3)ccnc12. The van der Waals surface area contributed by atoms with Gasteiger partial charge in [0, 0.05) is 23.3 Å². The van der Waals surface area contributed by atoms with Gasteiger partial charge in [-0.2, -0.15) is 0 Å². The quantitative estimate of drug-likeness (QED) is 0.687. The highest BCUT2D eigenvalue weighted by atomic mass is 16.5. The fraction of sp³-hybridized carbons (Fsp3) is 0.0769. The van der Waals surface area contributed by atoms with Crippen molar-refractivity contribution in [1.82, 2.24) is 10.1 Å². The number of hydrogen-bond donors (Lipinski definition) is 2. The Balaban J connectivity index is 1.94. The summed E-state index contributed by atoms with van der Waals surface area (Å²) in [7, 11) is 0. The van der Waals surface area contributed by atoms with Crippen molar-refractivity contribution in [2.45, 2.75) is 6.54 Å². The summed E-state index contributed by atoms with van der Waals surface area (Å²) in [4.78, 5) is 4.29. The standard InChI is InChI=1S/C13H12N4O/c14-11-3-1-2-10-12(4-6-15-13(10)11)16-8-9-5-7-18-17-9/h1-7H,8,14H2,(H,15,16). The number of nitrogens with one attached hydrogen (secondary N) is 1. The molecular formula is C13H12N4O. The number of nitrogen functional groups attached to an aromatic ring is 1. The molecule has 90 valence electrons. The van der Waals surface area contributed by atoms with Crippen molar-refractivity contribution in [2.75, 3.05) is 11.1 Å². The second-order valence-corrected chi connectivity index (χ2v) is 3.95. The van der Waals surface area contributed by atoms with Crippen LogP contribution in [0.4, 0.5) is 11.4 Å². The van der Waals surface area contributed by atoms with Gasteiger partial charge in [-0.15, -0.1) is 0 Å².